The number of nitrogens with one attached hydrogen (secondary N) is 1. The zero-order valence-electron chi connectivity index (χ0n) is 11.2. The number of fused-ring (bicyclic) bond motifs is 1. The van der Waals surface area contributed by atoms with E-state index >= 15 is 0 Å². The van der Waals surface area contributed by atoms with Gasteiger partial charge in [0.05, 0.1) is 11.2 Å². The zero-order valence-corrected chi connectivity index (χ0v) is 12.0. The first-order valence-electron chi connectivity index (χ1n) is 6.50. The average Bonchev–Trinajstić information content (AvgIpc) is 2.53. The summed E-state index contributed by atoms with van der Waals surface area (Å²) in [7, 11) is 0. The second-order valence-corrected chi connectivity index (χ2v) is 5.40. The normalized spacial score (nSPS) is 12.4. The summed E-state index contributed by atoms with van der Waals surface area (Å²) in [6.07, 6.45) is 0. The lowest BCUT2D eigenvalue weighted by atomic mass is 10.1. The van der Waals surface area contributed by atoms with Crippen molar-refractivity contribution < 1.29 is 8.76 Å². The third kappa shape index (κ3) is 3.33. The van der Waals surface area contributed by atoms with Crippen molar-refractivity contribution in [3.63, 3.8) is 0 Å². The molecule has 0 radical (unpaired) electrons. The van der Waals surface area contributed by atoms with E-state index in [0.29, 0.717) is 6.54 Å². The number of pyridine rings is 1. The topological polar surface area (TPSA) is 65.0 Å². The Balaban J connectivity index is 1.86. The Kier molecular flexibility index (Phi) is 4.06. The maximum absolute atomic E-state index is 10.5. The molecule has 0 aliphatic rings. The number of nitrogens with zero attached hydrogens (tertiary/aromatic N) is 1. The first kappa shape index (κ1) is 13.9. The minimum absolute atomic E-state index is 0.293. The Labute approximate surface area is 125 Å². The van der Waals surface area contributed by atoms with Crippen molar-refractivity contribution in [2.45, 2.75) is 6.54 Å². The SMILES string of the molecule is O=S([O-])NCc1ccc(-c2ccc3ccccc3n2)cc1. The second-order valence-electron chi connectivity index (χ2n) is 4.64. The van der Waals surface area contributed by atoms with Gasteiger partial charge in [-0.2, -0.15) is 0 Å². The first-order valence-corrected chi connectivity index (χ1v) is 7.58. The smallest absolute Gasteiger partial charge is 0.0709 e. The standard InChI is InChI=1S/C16H14N2O2S/c19-21(20)17-11-12-5-7-14(8-6-12)16-10-9-13-3-1-2-4-15(13)18-16/h1-10,17H,11H2,(H,19,20)/p-1. The van der Waals surface area contributed by atoms with Gasteiger partial charge in [0, 0.05) is 28.8 Å². The molecule has 4 nitrogen and oxygen atoms in total. The van der Waals surface area contributed by atoms with Crippen molar-refractivity contribution >= 4 is 22.2 Å². The van der Waals surface area contributed by atoms with Crippen molar-refractivity contribution in [2.24, 2.45) is 0 Å². The van der Waals surface area contributed by atoms with Gasteiger partial charge in [-0.15, -0.1) is 0 Å². The third-order valence-corrected chi connectivity index (χ3v) is 3.62. The molecule has 0 amide bonds. The summed E-state index contributed by atoms with van der Waals surface area (Å²) in [6, 6.07) is 19.7. The predicted octanol–water partition coefficient (Wildman–Crippen LogP) is 2.79. The molecular weight excluding hydrogens is 284 g/mol. The molecule has 0 aliphatic heterocycles. The molecule has 0 bridgehead atoms. The van der Waals surface area contributed by atoms with Gasteiger partial charge >= 0.3 is 0 Å². The van der Waals surface area contributed by atoms with Crippen LogP contribution in [0.1, 0.15) is 5.56 Å². The fourth-order valence-corrected chi connectivity index (χ4v) is 2.45. The van der Waals surface area contributed by atoms with Crippen LogP contribution in [-0.2, 0) is 17.8 Å². The van der Waals surface area contributed by atoms with Gasteiger partial charge in [-0.3, -0.25) is 4.21 Å². The first-order chi connectivity index (χ1) is 10.2. The van der Waals surface area contributed by atoms with E-state index < -0.39 is 11.3 Å². The highest BCUT2D eigenvalue weighted by Gasteiger charge is 2.01. The number of aromatic nitrogens is 1. The molecule has 3 aromatic rings. The molecule has 1 heterocycles. The largest absolute Gasteiger partial charge is 0.760 e. The molecule has 5 heteroatoms. The lowest BCUT2D eigenvalue weighted by molar-refractivity contribution is 0.522. The highest BCUT2D eigenvalue weighted by atomic mass is 32.2. The van der Waals surface area contributed by atoms with Gasteiger partial charge in [0.15, 0.2) is 0 Å². The Morgan fingerprint density at radius 2 is 1.76 bits per heavy atom. The summed E-state index contributed by atoms with van der Waals surface area (Å²) in [4.78, 5) is 4.64. The Bertz CT molecular complexity index is 788. The van der Waals surface area contributed by atoms with E-state index in [-0.39, 0.29) is 0 Å². The van der Waals surface area contributed by atoms with Gasteiger partial charge < -0.3 is 4.55 Å². The number of para-hydroxylation sites is 1. The van der Waals surface area contributed by atoms with E-state index in [9.17, 15) is 8.76 Å². The summed E-state index contributed by atoms with van der Waals surface area (Å²) in [5, 5.41) is 1.11. The minimum atomic E-state index is -2.24. The molecule has 106 valence electrons. The molecule has 21 heavy (non-hydrogen) atoms. The molecule has 1 aromatic heterocycles. The number of hydrogen-bond acceptors (Lipinski definition) is 3. The number of hydrogen-bond donors (Lipinski definition) is 1. The van der Waals surface area contributed by atoms with Crippen LogP contribution < -0.4 is 4.72 Å². The van der Waals surface area contributed by atoms with Crippen LogP contribution in [0.2, 0.25) is 0 Å². The van der Waals surface area contributed by atoms with Crippen molar-refractivity contribution in [1.29, 1.82) is 0 Å². The summed E-state index contributed by atoms with van der Waals surface area (Å²) < 4.78 is 23.3. The monoisotopic (exact) mass is 297 g/mol. The van der Waals surface area contributed by atoms with Crippen molar-refractivity contribution in [3.8, 4) is 11.3 Å². The predicted molar refractivity (Wildman–Crippen MR) is 82.9 cm³/mol. The molecule has 1 N–H and O–H groups in total. The van der Waals surface area contributed by atoms with Gasteiger partial charge in [-0.25, -0.2) is 9.71 Å². The van der Waals surface area contributed by atoms with E-state index in [2.05, 4.69) is 9.71 Å². The quantitative estimate of drug-likeness (QED) is 0.753. The summed E-state index contributed by atoms with van der Waals surface area (Å²) in [6.45, 7) is 0.293. The maximum atomic E-state index is 10.5. The van der Waals surface area contributed by atoms with Crippen molar-refractivity contribution in [1.82, 2.24) is 9.71 Å². The van der Waals surface area contributed by atoms with E-state index in [1.54, 1.807) is 0 Å². The van der Waals surface area contributed by atoms with Crippen LogP contribution in [-0.4, -0.2) is 13.7 Å². The Morgan fingerprint density at radius 3 is 2.52 bits per heavy atom. The molecule has 2 aromatic carbocycles. The summed E-state index contributed by atoms with van der Waals surface area (Å²) >= 11 is -2.24. The van der Waals surface area contributed by atoms with E-state index in [4.69, 9.17) is 0 Å². The molecular formula is C16H13N2O2S-. The molecule has 1 unspecified atom stereocenters. The number of rotatable bonds is 4. The van der Waals surface area contributed by atoms with Gasteiger partial charge in [-0.1, -0.05) is 48.5 Å². The average molecular weight is 297 g/mol. The van der Waals surface area contributed by atoms with Crippen LogP contribution in [0, 0.1) is 0 Å². The van der Waals surface area contributed by atoms with E-state index in [1.165, 1.54) is 0 Å². The van der Waals surface area contributed by atoms with Crippen LogP contribution in [0.3, 0.4) is 0 Å². The Hall–Kier alpha value is -2.08. The van der Waals surface area contributed by atoms with Crippen LogP contribution >= 0.6 is 0 Å². The molecule has 0 saturated carbocycles. The van der Waals surface area contributed by atoms with Crippen molar-refractivity contribution in [3.05, 3.63) is 66.2 Å². The fourth-order valence-electron chi connectivity index (χ4n) is 2.16. The lowest BCUT2D eigenvalue weighted by Crippen LogP contribution is -2.15. The van der Waals surface area contributed by atoms with Gasteiger partial charge in [0.25, 0.3) is 0 Å². The maximum Gasteiger partial charge on any atom is 0.0709 e. The van der Waals surface area contributed by atoms with E-state index in [0.717, 1.165) is 27.7 Å². The van der Waals surface area contributed by atoms with Crippen LogP contribution in [0.4, 0.5) is 0 Å². The molecule has 0 saturated heterocycles. The lowest BCUT2D eigenvalue weighted by Gasteiger charge is -2.08. The van der Waals surface area contributed by atoms with Gasteiger partial charge in [0.1, 0.15) is 0 Å². The number of benzene rings is 2. The molecule has 0 fully saturated rings. The fraction of sp³-hybridized carbons (Fsp3) is 0.0625. The zero-order chi connectivity index (χ0) is 14.7. The van der Waals surface area contributed by atoms with Crippen LogP contribution in [0.5, 0.6) is 0 Å². The van der Waals surface area contributed by atoms with Crippen LogP contribution in [0.15, 0.2) is 60.7 Å². The summed E-state index contributed by atoms with van der Waals surface area (Å²) in [5.74, 6) is 0. The molecule has 0 spiro atoms. The van der Waals surface area contributed by atoms with Crippen LogP contribution in [0.25, 0.3) is 22.2 Å². The molecule has 0 aliphatic carbocycles. The van der Waals surface area contributed by atoms with Crippen molar-refractivity contribution in [2.75, 3.05) is 0 Å². The third-order valence-electron chi connectivity index (χ3n) is 3.24. The highest BCUT2D eigenvalue weighted by molar-refractivity contribution is 7.77. The minimum Gasteiger partial charge on any atom is -0.760 e. The molecule has 1 atom stereocenters. The van der Waals surface area contributed by atoms with E-state index in [1.807, 2.05) is 60.7 Å². The summed E-state index contributed by atoms with van der Waals surface area (Å²) in [5.41, 5.74) is 3.78. The second kappa shape index (κ2) is 6.13. The Morgan fingerprint density at radius 1 is 1.00 bits per heavy atom. The highest BCUT2D eigenvalue weighted by Crippen LogP contribution is 2.21. The molecule has 3 rings (SSSR count). The van der Waals surface area contributed by atoms with Gasteiger partial charge in [0.2, 0.25) is 0 Å². The van der Waals surface area contributed by atoms with Gasteiger partial charge in [-0.05, 0) is 17.7 Å².